The molecule has 1 heterocycles. The van der Waals surface area contributed by atoms with Crippen molar-refractivity contribution in [1.29, 1.82) is 0 Å². The third-order valence-electron chi connectivity index (χ3n) is 2.61. The Morgan fingerprint density at radius 2 is 2.07 bits per heavy atom. The highest BCUT2D eigenvalue weighted by atomic mass is 35.5. The van der Waals surface area contributed by atoms with Gasteiger partial charge in [0.15, 0.2) is 0 Å². The number of fused-ring (bicyclic) bond motifs is 1. The molecule has 0 saturated heterocycles. The van der Waals surface area contributed by atoms with Gasteiger partial charge in [-0.25, -0.2) is 4.79 Å². The Morgan fingerprint density at radius 1 is 1.40 bits per heavy atom. The first-order valence-electron chi connectivity index (χ1n) is 4.67. The first-order chi connectivity index (χ1) is 7.15. The fourth-order valence-electron chi connectivity index (χ4n) is 1.92. The molecule has 4 nitrogen and oxygen atoms in total. The molecule has 1 aromatic heterocycles. The lowest BCUT2D eigenvalue weighted by Crippen LogP contribution is -2.18. The summed E-state index contributed by atoms with van der Waals surface area (Å²) < 4.78 is 4.60. The number of rotatable bonds is 1. The summed E-state index contributed by atoms with van der Waals surface area (Å²) in [6.07, 6.45) is 2.43. The number of ether oxygens (including phenoxy) is 1. The minimum Gasteiger partial charge on any atom is -0.464 e. The van der Waals surface area contributed by atoms with Crippen LogP contribution in [0.15, 0.2) is 4.79 Å². The zero-order valence-electron chi connectivity index (χ0n) is 8.22. The van der Waals surface area contributed by atoms with Crippen molar-refractivity contribution in [3.05, 3.63) is 32.2 Å². The van der Waals surface area contributed by atoms with Crippen molar-refractivity contribution >= 4 is 17.6 Å². The molecule has 0 atom stereocenters. The number of esters is 1. The molecular weight excluding hydrogens is 218 g/mol. The predicted octanol–water partition coefficient (Wildman–Crippen LogP) is 1.30. The van der Waals surface area contributed by atoms with Gasteiger partial charge in [0, 0.05) is 0 Å². The minimum absolute atomic E-state index is 0.204. The van der Waals surface area contributed by atoms with Gasteiger partial charge in [0.2, 0.25) is 0 Å². The van der Waals surface area contributed by atoms with Crippen LogP contribution in [0.1, 0.15) is 28.0 Å². The fraction of sp³-hybridized carbons (Fsp3) is 0.400. The van der Waals surface area contributed by atoms with Crippen LogP contribution in [-0.4, -0.2) is 18.1 Å². The van der Waals surface area contributed by atoms with Gasteiger partial charge in [-0.3, -0.25) is 4.79 Å². The van der Waals surface area contributed by atoms with Crippen molar-refractivity contribution in [2.24, 2.45) is 0 Å². The van der Waals surface area contributed by atoms with Crippen LogP contribution in [0.25, 0.3) is 0 Å². The highest BCUT2D eigenvalue weighted by molar-refractivity contribution is 6.31. The largest absolute Gasteiger partial charge is 0.464 e. The average Bonchev–Trinajstić information content (AvgIpc) is 2.71. The van der Waals surface area contributed by atoms with Gasteiger partial charge in [0.1, 0.15) is 10.7 Å². The molecule has 1 aromatic rings. The molecule has 0 radical (unpaired) electrons. The summed E-state index contributed by atoms with van der Waals surface area (Å²) in [6.45, 7) is 0. The Hall–Kier alpha value is -1.29. The third-order valence-corrected chi connectivity index (χ3v) is 3.01. The molecule has 1 aliphatic rings. The van der Waals surface area contributed by atoms with Crippen LogP contribution in [0.5, 0.6) is 0 Å². The van der Waals surface area contributed by atoms with Crippen LogP contribution in [-0.2, 0) is 17.6 Å². The number of halogens is 1. The number of hydrogen-bond donors (Lipinski definition) is 1. The van der Waals surface area contributed by atoms with Gasteiger partial charge < -0.3 is 9.72 Å². The lowest BCUT2D eigenvalue weighted by molar-refractivity contribution is 0.0592. The number of carbonyl (C=O) groups is 1. The monoisotopic (exact) mass is 227 g/mol. The maximum Gasteiger partial charge on any atom is 0.354 e. The molecule has 0 saturated carbocycles. The maximum atomic E-state index is 11.4. The van der Waals surface area contributed by atoms with Gasteiger partial charge in [-0.15, -0.1) is 0 Å². The molecule has 80 valence electrons. The Kier molecular flexibility index (Phi) is 2.52. The van der Waals surface area contributed by atoms with Crippen molar-refractivity contribution in [1.82, 2.24) is 4.98 Å². The van der Waals surface area contributed by atoms with E-state index >= 15 is 0 Å². The second-order valence-electron chi connectivity index (χ2n) is 3.45. The van der Waals surface area contributed by atoms with Crippen molar-refractivity contribution < 1.29 is 9.53 Å². The van der Waals surface area contributed by atoms with E-state index in [0.29, 0.717) is 0 Å². The Balaban J connectivity index is 2.67. The normalized spacial score (nSPS) is 13.7. The van der Waals surface area contributed by atoms with E-state index in [9.17, 15) is 9.59 Å². The third kappa shape index (κ3) is 1.55. The van der Waals surface area contributed by atoms with E-state index < -0.39 is 11.5 Å². The number of H-pyrrole nitrogens is 1. The van der Waals surface area contributed by atoms with Gasteiger partial charge in [-0.2, -0.15) is 0 Å². The highest BCUT2D eigenvalue weighted by Gasteiger charge is 2.24. The first-order valence-corrected chi connectivity index (χ1v) is 5.04. The standard InChI is InChI=1S/C10H10ClNO3/c1-15-10(14)8-6-4-2-3-5(6)7(11)9(13)12-8/h2-4H2,1H3,(H,12,13). The van der Waals surface area contributed by atoms with Gasteiger partial charge in [-0.05, 0) is 30.4 Å². The lowest BCUT2D eigenvalue weighted by atomic mass is 10.1. The van der Waals surface area contributed by atoms with Crippen molar-refractivity contribution in [2.45, 2.75) is 19.3 Å². The van der Waals surface area contributed by atoms with Crippen molar-refractivity contribution in [3.8, 4) is 0 Å². The number of nitrogens with one attached hydrogen (secondary N) is 1. The topological polar surface area (TPSA) is 59.2 Å². The fourth-order valence-corrected chi connectivity index (χ4v) is 2.17. The molecule has 5 heteroatoms. The van der Waals surface area contributed by atoms with E-state index in [4.69, 9.17) is 11.6 Å². The summed E-state index contributed by atoms with van der Waals surface area (Å²) in [5, 5.41) is 0.204. The van der Waals surface area contributed by atoms with E-state index in [1.165, 1.54) is 7.11 Å². The Bertz CT molecular complexity index is 478. The molecule has 0 unspecified atom stereocenters. The number of aromatic nitrogens is 1. The van der Waals surface area contributed by atoms with Crippen LogP contribution in [0, 0.1) is 0 Å². The number of aromatic amines is 1. The average molecular weight is 228 g/mol. The summed E-state index contributed by atoms with van der Waals surface area (Å²) in [5.74, 6) is -0.512. The molecule has 1 aliphatic carbocycles. The smallest absolute Gasteiger partial charge is 0.354 e. The van der Waals surface area contributed by atoms with E-state index in [1.807, 2.05) is 0 Å². The second-order valence-corrected chi connectivity index (χ2v) is 3.82. The van der Waals surface area contributed by atoms with Gasteiger partial charge >= 0.3 is 5.97 Å². The molecule has 1 N–H and O–H groups in total. The van der Waals surface area contributed by atoms with Gasteiger partial charge in [0.25, 0.3) is 5.56 Å². The first kappa shape index (κ1) is 10.2. The van der Waals surface area contributed by atoms with E-state index in [2.05, 4.69) is 9.72 Å². The van der Waals surface area contributed by atoms with E-state index in [1.54, 1.807) is 0 Å². The SMILES string of the molecule is COC(=O)c1[nH]c(=O)c(Cl)c2c1CCC2. The lowest BCUT2D eigenvalue weighted by Gasteiger charge is -2.07. The predicted molar refractivity (Wildman–Crippen MR) is 55.4 cm³/mol. The quantitative estimate of drug-likeness (QED) is 0.736. The zero-order chi connectivity index (χ0) is 11.0. The van der Waals surface area contributed by atoms with Crippen LogP contribution in [0.3, 0.4) is 0 Å². The van der Waals surface area contributed by atoms with E-state index in [0.717, 1.165) is 30.4 Å². The van der Waals surface area contributed by atoms with Gasteiger partial charge in [-0.1, -0.05) is 11.6 Å². The molecule has 0 bridgehead atoms. The Labute approximate surface area is 91.2 Å². The molecule has 0 fully saturated rings. The second kappa shape index (κ2) is 3.70. The summed E-state index contributed by atoms with van der Waals surface area (Å²) in [7, 11) is 1.29. The zero-order valence-corrected chi connectivity index (χ0v) is 8.98. The number of carbonyl (C=O) groups excluding carboxylic acids is 1. The van der Waals surface area contributed by atoms with E-state index in [-0.39, 0.29) is 10.7 Å². The van der Waals surface area contributed by atoms with Crippen LogP contribution in [0.4, 0.5) is 0 Å². The number of pyridine rings is 1. The molecular formula is C10H10ClNO3. The summed E-state index contributed by atoms with van der Waals surface area (Å²) in [5.41, 5.74) is 1.45. The van der Waals surface area contributed by atoms with Crippen LogP contribution >= 0.6 is 11.6 Å². The van der Waals surface area contributed by atoms with Crippen LogP contribution in [0.2, 0.25) is 5.02 Å². The molecule has 0 spiro atoms. The Morgan fingerprint density at radius 3 is 2.73 bits per heavy atom. The van der Waals surface area contributed by atoms with Crippen molar-refractivity contribution in [2.75, 3.05) is 7.11 Å². The highest BCUT2D eigenvalue weighted by Crippen LogP contribution is 2.28. The molecule has 2 rings (SSSR count). The van der Waals surface area contributed by atoms with Crippen molar-refractivity contribution in [3.63, 3.8) is 0 Å². The molecule has 0 aliphatic heterocycles. The molecule has 15 heavy (non-hydrogen) atoms. The minimum atomic E-state index is -0.512. The number of methoxy groups -OCH3 is 1. The maximum absolute atomic E-state index is 11.4. The van der Waals surface area contributed by atoms with Gasteiger partial charge in [0.05, 0.1) is 7.11 Å². The molecule has 0 amide bonds. The summed E-state index contributed by atoms with van der Waals surface area (Å²) >= 11 is 5.86. The number of hydrogen-bond acceptors (Lipinski definition) is 3. The summed E-state index contributed by atoms with van der Waals surface area (Å²) in [4.78, 5) is 25.3. The summed E-state index contributed by atoms with van der Waals surface area (Å²) in [6, 6.07) is 0. The van der Waals surface area contributed by atoms with Crippen LogP contribution < -0.4 is 5.56 Å². The molecule has 0 aromatic carbocycles.